The largest absolute Gasteiger partial charge is 0.302 e. The third-order valence-corrected chi connectivity index (χ3v) is 9.64. The fraction of sp³-hybridized carbons (Fsp3) is 0.296. The van der Waals surface area contributed by atoms with Crippen molar-refractivity contribution in [2.24, 2.45) is 5.10 Å². The van der Waals surface area contributed by atoms with Crippen molar-refractivity contribution >= 4 is 50.5 Å². The third-order valence-electron chi connectivity index (χ3n) is 7.13. The lowest BCUT2D eigenvalue weighted by molar-refractivity contribution is 0.574. The van der Waals surface area contributed by atoms with E-state index in [4.69, 9.17) is 34.8 Å². The van der Waals surface area contributed by atoms with Gasteiger partial charge in [-0.05, 0) is 97.8 Å². The minimum Gasteiger partial charge on any atom is -0.302 e. The van der Waals surface area contributed by atoms with Crippen LogP contribution in [-0.2, 0) is 10.0 Å². The Balaban J connectivity index is 1.76. The first-order chi connectivity index (χ1) is 16.9. The molecule has 0 saturated carbocycles. The van der Waals surface area contributed by atoms with E-state index >= 15 is 0 Å². The molecule has 36 heavy (non-hydrogen) atoms. The van der Waals surface area contributed by atoms with Gasteiger partial charge in [-0.2, -0.15) is 9.82 Å². The van der Waals surface area contributed by atoms with E-state index in [-0.39, 0.29) is 6.04 Å². The van der Waals surface area contributed by atoms with Crippen LogP contribution in [-0.4, -0.2) is 14.1 Å². The number of hydrazone groups is 1. The minimum atomic E-state index is -3.95. The number of hydrogen-bond donors (Lipinski definition) is 2. The van der Waals surface area contributed by atoms with Gasteiger partial charge in [-0.1, -0.05) is 53.0 Å². The first-order valence-corrected chi connectivity index (χ1v) is 14.1. The molecule has 0 bridgehead atoms. The SMILES string of the molecule is Cc1c(C)c(C)c(S(=O)(=O)NC(C2=NNC(c3ccc(Cl)cc3)C2)c2ccc(Cl)cc2Cl)c(C)c1C. The van der Waals surface area contributed by atoms with Crippen molar-refractivity contribution in [3.63, 3.8) is 0 Å². The molecule has 0 aliphatic carbocycles. The van der Waals surface area contributed by atoms with Gasteiger partial charge in [0, 0.05) is 21.5 Å². The summed E-state index contributed by atoms with van der Waals surface area (Å²) in [5.74, 6) is 0. The molecule has 0 saturated heterocycles. The van der Waals surface area contributed by atoms with Crippen LogP contribution in [0.3, 0.4) is 0 Å². The number of nitrogens with one attached hydrogen (secondary N) is 2. The van der Waals surface area contributed by atoms with E-state index in [2.05, 4.69) is 15.2 Å². The number of rotatable bonds is 6. The van der Waals surface area contributed by atoms with Crippen molar-refractivity contribution in [2.75, 3.05) is 0 Å². The summed E-state index contributed by atoms with van der Waals surface area (Å²) in [7, 11) is -3.95. The maximum Gasteiger partial charge on any atom is 0.242 e. The molecule has 0 amide bonds. The van der Waals surface area contributed by atoms with Gasteiger partial charge in [0.2, 0.25) is 10.0 Å². The molecule has 0 spiro atoms. The van der Waals surface area contributed by atoms with Crippen LogP contribution in [0.4, 0.5) is 0 Å². The van der Waals surface area contributed by atoms with Crippen LogP contribution in [0.2, 0.25) is 15.1 Å². The summed E-state index contributed by atoms with van der Waals surface area (Å²) in [6, 6.07) is 11.6. The summed E-state index contributed by atoms with van der Waals surface area (Å²) < 4.78 is 30.8. The Labute approximate surface area is 227 Å². The molecule has 1 aliphatic heterocycles. The first kappa shape index (κ1) is 27.0. The third kappa shape index (κ3) is 5.15. The van der Waals surface area contributed by atoms with E-state index < -0.39 is 16.1 Å². The molecule has 5 nitrogen and oxygen atoms in total. The molecule has 190 valence electrons. The van der Waals surface area contributed by atoms with Crippen LogP contribution in [0.25, 0.3) is 0 Å². The molecule has 0 aromatic heterocycles. The van der Waals surface area contributed by atoms with Crippen LogP contribution < -0.4 is 10.1 Å². The fourth-order valence-electron chi connectivity index (χ4n) is 4.66. The van der Waals surface area contributed by atoms with Crippen LogP contribution in [0.1, 0.15) is 57.4 Å². The summed E-state index contributed by atoms with van der Waals surface area (Å²) in [6.07, 6.45) is 0.484. The predicted molar refractivity (Wildman–Crippen MR) is 149 cm³/mol. The zero-order valence-corrected chi connectivity index (χ0v) is 23.8. The Kier molecular flexibility index (Phi) is 7.75. The molecule has 9 heteroatoms. The number of sulfonamides is 1. The molecular weight excluding hydrogens is 537 g/mol. The number of benzene rings is 3. The topological polar surface area (TPSA) is 70.6 Å². The van der Waals surface area contributed by atoms with Gasteiger partial charge in [0.05, 0.1) is 22.7 Å². The molecular formula is C27H28Cl3N3O2S. The average Bonchev–Trinajstić information content (AvgIpc) is 3.31. The minimum absolute atomic E-state index is 0.123. The predicted octanol–water partition coefficient (Wildman–Crippen LogP) is 7.30. The summed E-state index contributed by atoms with van der Waals surface area (Å²) in [6.45, 7) is 9.61. The Morgan fingerprint density at radius 1 is 0.861 bits per heavy atom. The highest BCUT2D eigenvalue weighted by atomic mass is 35.5. The summed E-state index contributed by atoms with van der Waals surface area (Å²) in [5.41, 5.74) is 9.82. The molecule has 1 aliphatic rings. The van der Waals surface area contributed by atoms with Crippen LogP contribution in [0.15, 0.2) is 52.5 Å². The molecule has 4 rings (SSSR count). The molecule has 0 radical (unpaired) electrons. The quantitative estimate of drug-likeness (QED) is 0.330. The lowest BCUT2D eigenvalue weighted by Gasteiger charge is -2.24. The fourth-order valence-corrected chi connectivity index (χ4v) is 7.11. The van der Waals surface area contributed by atoms with Crippen molar-refractivity contribution < 1.29 is 8.42 Å². The normalized spacial score (nSPS) is 16.6. The second-order valence-electron chi connectivity index (χ2n) is 9.21. The highest BCUT2D eigenvalue weighted by Crippen LogP contribution is 2.35. The Morgan fingerprint density at radius 2 is 1.42 bits per heavy atom. The zero-order chi connectivity index (χ0) is 26.4. The van der Waals surface area contributed by atoms with Crippen molar-refractivity contribution in [3.8, 4) is 0 Å². The molecule has 2 N–H and O–H groups in total. The summed E-state index contributed by atoms with van der Waals surface area (Å²) in [5, 5.41) is 6.01. The maximum atomic E-state index is 13.9. The Bertz CT molecular complexity index is 1440. The monoisotopic (exact) mass is 563 g/mol. The average molecular weight is 565 g/mol. The van der Waals surface area contributed by atoms with Crippen LogP contribution in [0.5, 0.6) is 0 Å². The lowest BCUT2D eigenvalue weighted by Crippen LogP contribution is -2.35. The van der Waals surface area contributed by atoms with E-state index in [0.717, 1.165) is 33.4 Å². The lowest BCUT2D eigenvalue weighted by atomic mass is 9.95. The van der Waals surface area contributed by atoms with Crippen LogP contribution >= 0.6 is 34.8 Å². The number of nitrogens with zero attached hydrogens (tertiary/aromatic N) is 1. The summed E-state index contributed by atoms with van der Waals surface area (Å²) >= 11 is 18.8. The van der Waals surface area contributed by atoms with E-state index in [1.165, 1.54) is 0 Å². The number of halogens is 3. The van der Waals surface area contributed by atoms with Gasteiger partial charge >= 0.3 is 0 Å². The van der Waals surface area contributed by atoms with Gasteiger partial charge in [0.1, 0.15) is 0 Å². The standard InChI is InChI=1S/C27H28Cl3N3O2S/c1-14-15(2)17(4)27(18(5)16(14)3)36(34,35)33-26(22-11-10-21(29)12-23(22)30)25-13-24(31-32-25)19-6-8-20(28)9-7-19/h6-12,24,26,31,33H,13H2,1-5H3. The first-order valence-electron chi connectivity index (χ1n) is 11.5. The van der Waals surface area contributed by atoms with Gasteiger partial charge in [-0.3, -0.25) is 0 Å². The van der Waals surface area contributed by atoms with Crippen molar-refractivity contribution in [1.29, 1.82) is 0 Å². The van der Waals surface area contributed by atoms with Crippen molar-refractivity contribution in [2.45, 2.75) is 58.0 Å². The molecule has 2 atom stereocenters. The van der Waals surface area contributed by atoms with E-state index in [1.807, 2.05) is 58.9 Å². The summed E-state index contributed by atoms with van der Waals surface area (Å²) in [4.78, 5) is 0.291. The van der Waals surface area contributed by atoms with Gasteiger partial charge in [0.25, 0.3) is 0 Å². The highest BCUT2D eigenvalue weighted by Gasteiger charge is 2.34. The van der Waals surface area contributed by atoms with Gasteiger partial charge in [-0.25, -0.2) is 8.42 Å². The molecule has 2 unspecified atom stereocenters. The van der Waals surface area contributed by atoms with Crippen molar-refractivity contribution in [3.05, 3.63) is 96.5 Å². The molecule has 1 heterocycles. The second-order valence-corrected chi connectivity index (χ2v) is 12.1. The number of hydrogen-bond acceptors (Lipinski definition) is 4. The van der Waals surface area contributed by atoms with E-state index in [9.17, 15) is 8.42 Å². The van der Waals surface area contributed by atoms with Gasteiger partial charge in [0.15, 0.2) is 0 Å². The Hall–Kier alpha value is -2.09. The Morgan fingerprint density at radius 3 is 2.00 bits per heavy atom. The maximum absolute atomic E-state index is 13.9. The smallest absolute Gasteiger partial charge is 0.242 e. The van der Waals surface area contributed by atoms with E-state index in [0.29, 0.717) is 37.7 Å². The van der Waals surface area contributed by atoms with Crippen LogP contribution in [0, 0.1) is 34.6 Å². The molecule has 3 aromatic rings. The molecule has 0 fully saturated rings. The van der Waals surface area contributed by atoms with Gasteiger partial charge < -0.3 is 5.43 Å². The highest BCUT2D eigenvalue weighted by molar-refractivity contribution is 7.89. The second kappa shape index (κ2) is 10.3. The van der Waals surface area contributed by atoms with Crippen molar-refractivity contribution in [1.82, 2.24) is 10.1 Å². The zero-order valence-electron chi connectivity index (χ0n) is 20.7. The van der Waals surface area contributed by atoms with E-state index in [1.54, 1.807) is 18.2 Å². The van der Waals surface area contributed by atoms with Gasteiger partial charge in [-0.15, -0.1) is 0 Å². The molecule has 3 aromatic carbocycles.